The average molecular weight is 399 g/mol. The van der Waals surface area contributed by atoms with Crippen LogP contribution < -0.4 is 5.32 Å². The van der Waals surface area contributed by atoms with Crippen LogP contribution in [0.3, 0.4) is 0 Å². The van der Waals surface area contributed by atoms with Gasteiger partial charge in [0.05, 0.1) is 6.10 Å². The minimum absolute atomic E-state index is 0.109. The normalized spacial score (nSPS) is 25.7. The molecule has 1 unspecified atom stereocenters. The zero-order valence-corrected chi connectivity index (χ0v) is 17.1. The van der Waals surface area contributed by atoms with Gasteiger partial charge in [0.25, 0.3) is 0 Å². The van der Waals surface area contributed by atoms with E-state index >= 15 is 0 Å². The molecule has 0 bridgehead atoms. The summed E-state index contributed by atoms with van der Waals surface area (Å²) in [5.41, 5.74) is -0.879. The van der Waals surface area contributed by atoms with Crippen LogP contribution in [0.1, 0.15) is 70.3 Å². The lowest BCUT2D eigenvalue weighted by atomic mass is 10.1. The van der Waals surface area contributed by atoms with Crippen molar-refractivity contribution in [1.29, 1.82) is 0 Å². The summed E-state index contributed by atoms with van der Waals surface area (Å²) in [6, 6.07) is 0. The first kappa shape index (κ1) is 19.0. The van der Waals surface area contributed by atoms with Gasteiger partial charge in [0.15, 0.2) is 0 Å². The highest BCUT2D eigenvalue weighted by Crippen LogP contribution is 2.09. The predicted molar refractivity (Wildman–Crippen MR) is 107 cm³/mol. The molecule has 0 spiro atoms. The third-order valence-corrected chi connectivity index (χ3v) is 3.65. The van der Waals surface area contributed by atoms with Crippen molar-refractivity contribution in [3.63, 3.8) is 0 Å². The van der Waals surface area contributed by atoms with Crippen LogP contribution in [-0.4, -0.2) is 54.1 Å². The number of likely N-dealkylation sites (N-methyl/N-ethyl adjacent to an activating group) is 1. The maximum atomic E-state index is 12.4. The lowest BCUT2D eigenvalue weighted by Gasteiger charge is -2.23. The number of aliphatic imine (C=N–C) groups is 1. The van der Waals surface area contributed by atoms with Crippen molar-refractivity contribution in [3.8, 4) is 0 Å². The zero-order valence-electron chi connectivity index (χ0n) is 20.1. The van der Waals surface area contributed by atoms with Gasteiger partial charge in [-0.2, -0.15) is 0 Å². The smallest absolute Gasteiger partial charge is 0.437 e. The van der Waals surface area contributed by atoms with Gasteiger partial charge < -0.3 is 14.4 Å². The molecule has 2 amide bonds. The largest absolute Gasteiger partial charge is 0.461 e. The predicted octanol–water partition coefficient (Wildman–Crippen LogP) is 3.17. The molecule has 0 saturated heterocycles. The van der Waals surface area contributed by atoms with Crippen LogP contribution in [0.4, 0.5) is 4.79 Å². The molecule has 8 heteroatoms. The lowest BCUT2D eigenvalue weighted by Crippen LogP contribution is -2.45. The highest BCUT2D eigenvalue weighted by Gasteiger charge is 2.21. The summed E-state index contributed by atoms with van der Waals surface area (Å²) in [6.45, 7) is 2.99. The summed E-state index contributed by atoms with van der Waals surface area (Å²) in [5, 5.41) is 2.35. The fourth-order valence-corrected chi connectivity index (χ4v) is 2.35. The van der Waals surface area contributed by atoms with Crippen LogP contribution in [0.5, 0.6) is 0 Å². The van der Waals surface area contributed by atoms with Gasteiger partial charge in [-0.15, -0.1) is 4.99 Å². The Morgan fingerprint density at radius 2 is 2.04 bits per heavy atom. The third kappa shape index (κ3) is 10.7. The molecule has 8 nitrogen and oxygen atoms in total. The summed E-state index contributed by atoms with van der Waals surface area (Å²) >= 11 is 0. The van der Waals surface area contributed by atoms with E-state index < -0.39 is 49.2 Å². The number of cyclic esters (lactones) is 1. The van der Waals surface area contributed by atoms with E-state index in [-0.39, 0.29) is 6.42 Å². The Kier molecular flexibility index (Phi) is 7.76. The fraction of sp³-hybridized carbons (Fsp3) is 0.700. The Morgan fingerprint density at radius 1 is 1.32 bits per heavy atom. The molecule has 1 aliphatic rings. The number of nitrogens with zero attached hydrogens (tertiary/aromatic N) is 2. The first-order valence-electron chi connectivity index (χ1n) is 11.0. The number of carbonyl (C=O) groups excluding carboxylic acids is 3. The zero-order chi connectivity index (χ0) is 23.7. The number of rotatable bonds is 0. The minimum atomic E-state index is -2.87. The molecule has 0 aliphatic carbocycles. The van der Waals surface area contributed by atoms with Crippen molar-refractivity contribution in [2.75, 3.05) is 13.5 Å². The van der Waals surface area contributed by atoms with E-state index in [0.29, 0.717) is 24.2 Å². The standard InChI is InChI=1S/C20H33N3O5/c1-15-12-10-8-6-7-9-11-13-16(24)21-18(23(5)14-17(25)27-15)22-19(26)28-20(2,3)4/h6,8,15H,7,9-14H2,1-5H3,(H,21,22,24,26)/b8-6-/i5D3. The monoisotopic (exact) mass is 398 g/mol. The van der Waals surface area contributed by atoms with E-state index in [1.165, 1.54) is 0 Å². The summed E-state index contributed by atoms with van der Waals surface area (Å²) in [6.07, 6.45) is 6.05. The second-order valence-corrected chi connectivity index (χ2v) is 7.65. The average Bonchev–Trinajstić information content (AvgIpc) is 2.58. The van der Waals surface area contributed by atoms with Gasteiger partial charge in [-0.05, 0) is 59.8 Å². The molecule has 1 heterocycles. The maximum Gasteiger partial charge on any atom is 0.437 e. The number of allylic oxidation sites excluding steroid dienone is 2. The number of ether oxygens (including phenoxy) is 2. The Bertz CT molecular complexity index is 699. The number of amides is 2. The number of esters is 1. The molecule has 0 aromatic rings. The molecular weight excluding hydrogens is 362 g/mol. The molecule has 1 rings (SSSR count). The van der Waals surface area contributed by atoms with Gasteiger partial charge in [-0.1, -0.05) is 12.2 Å². The van der Waals surface area contributed by atoms with Gasteiger partial charge in [0.1, 0.15) is 12.1 Å². The van der Waals surface area contributed by atoms with E-state index in [1.807, 2.05) is 12.2 Å². The van der Waals surface area contributed by atoms with E-state index in [9.17, 15) is 14.4 Å². The van der Waals surface area contributed by atoms with Gasteiger partial charge in [0.2, 0.25) is 11.9 Å². The van der Waals surface area contributed by atoms with E-state index in [0.717, 1.165) is 12.8 Å². The van der Waals surface area contributed by atoms with Crippen molar-refractivity contribution < 1.29 is 28.0 Å². The Balaban J connectivity index is 3.22. The van der Waals surface area contributed by atoms with Gasteiger partial charge in [0, 0.05) is 17.5 Å². The van der Waals surface area contributed by atoms with Gasteiger partial charge >= 0.3 is 12.1 Å². The van der Waals surface area contributed by atoms with E-state index in [4.69, 9.17) is 13.6 Å². The number of carbonyl (C=O) groups is 3. The number of nitrogens with one attached hydrogen (secondary N) is 1. The van der Waals surface area contributed by atoms with Crippen LogP contribution >= 0.6 is 0 Å². The molecular formula is C20H33N3O5. The van der Waals surface area contributed by atoms with Crippen molar-refractivity contribution >= 4 is 23.9 Å². The number of hydrogen-bond acceptors (Lipinski definition) is 5. The summed E-state index contributed by atoms with van der Waals surface area (Å²) in [7, 11) is 0. The molecule has 0 aromatic heterocycles. The van der Waals surface area contributed by atoms with Crippen LogP contribution in [0.2, 0.25) is 0 Å². The first-order valence-corrected chi connectivity index (χ1v) is 9.51. The second kappa shape index (κ2) is 11.5. The molecule has 0 fully saturated rings. The number of hydrogen-bond donors (Lipinski definition) is 1. The molecule has 0 saturated carbocycles. The van der Waals surface area contributed by atoms with Crippen LogP contribution in [0.25, 0.3) is 0 Å². The maximum absolute atomic E-state index is 12.4. The van der Waals surface area contributed by atoms with Crippen molar-refractivity contribution in [1.82, 2.24) is 10.2 Å². The highest BCUT2D eigenvalue weighted by atomic mass is 16.6. The van der Waals surface area contributed by atoms with E-state index in [2.05, 4.69) is 10.3 Å². The Hall–Kier alpha value is -2.38. The molecule has 1 aliphatic heterocycles. The first-order chi connectivity index (χ1) is 14.3. The molecule has 0 radical (unpaired) electrons. The second-order valence-electron chi connectivity index (χ2n) is 7.65. The fourth-order valence-electron chi connectivity index (χ4n) is 2.35. The van der Waals surface area contributed by atoms with E-state index in [1.54, 1.807) is 27.7 Å². The van der Waals surface area contributed by atoms with Crippen LogP contribution in [0, 0.1) is 0 Å². The minimum Gasteiger partial charge on any atom is -0.461 e. The third-order valence-electron chi connectivity index (χ3n) is 3.65. The topological polar surface area (TPSA) is 97.3 Å². The van der Waals surface area contributed by atoms with Gasteiger partial charge in [-0.3, -0.25) is 14.9 Å². The Labute approximate surface area is 171 Å². The summed E-state index contributed by atoms with van der Waals surface area (Å²) in [5.74, 6) is -1.91. The SMILES string of the molecule is [2H]C([2H])([2H])N1CC(=O)OC(C)CC/C=C\CCCCC(=O)N/C1=N/C(=O)OC(C)(C)C. The molecule has 1 atom stereocenters. The molecule has 0 aromatic carbocycles. The van der Waals surface area contributed by atoms with Crippen molar-refractivity contribution in [2.24, 2.45) is 4.99 Å². The Morgan fingerprint density at radius 3 is 2.71 bits per heavy atom. The summed E-state index contributed by atoms with van der Waals surface area (Å²) in [4.78, 5) is 41.2. The highest BCUT2D eigenvalue weighted by molar-refractivity contribution is 6.01. The van der Waals surface area contributed by atoms with Crippen LogP contribution in [0.15, 0.2) is 17.1 Å². The number of guanidine groups is 1. The molecule has 1 N–H and O–H groups in total. The quantitative estimate of drug-likeness (QED) is 0.497. The van der Waals surface area contributed by atoms with Crippen molar-refractivity contribution in [2.45, 2.75) is 77.9 Å². The van der Waals surface area contributed by atoms with Gasteiger partial charge in [-0.25, -0.2) is 4.79 Å². The van der Waals surface area contributed by atoms with Crippen molar-refractivity contribution in [3.05, 3.63) is 12.2 Å². The summed E-state index contributed by atoms with van der Waals surface area (Å²) < 4.78 is 33.7. The molecule has 158 valence electrons. The lowest BCUT2D eigenvalue weighted by molar-refractivity contribution is -0.148. The van der Waals surface area contributed by atoms with Crippen LogP contribution in [-0.2, 0) is 19.1 Å². The molecule has 28 heavy (non-hydrogen) atoms.